The lowest BCUT2D eigenvalue weighted by molar-refractivity contribution is -0.384. The van der Waals surface area contributed by atoms with Crippen LogP contribution in [0.25, 0.3) is 11.3 Å². The van der Waals surface area contributed by atoms with Gasteiger partial charge in [0.25, 0.3) is 5.69 Å². The number of carbonyl (C=O) groups excluding carboxylic acids is 2. The number of carbonyl (C=O) groups is 2. The van der Waals surface area contributed by atoms with E-state index in [0.717, 1.165) is 0 Å². The van der Waals surface area contributed by atoms with Crippen LogP contribution in [-0.4, -0.2) is 64.8 Å². The summed E-state index contributed by atoms with van der Waals surface area (Å²) in [6.45, 7) is 1.59. The molecule has 3 N–H and O–H groups in total. The van der Waals surface area contributed by atoms with Crippen LogP contribution in [0.1, 0.15) is 5.76 Å². The molecular formula is C26H25FN8O6. The fraction of sp³-hybridized carbons (Fsp3) is 0.231. The molecule has 0 unspecified atom stereocenters. The zero-order valence-electron chi connectivity index (χ0n) is 21.6. The maximum atomic E-state index is 15.1. The van der Waals surface area contributed by atoms with E-state index < -0.39 is 16.8 Å². The molecule has 1 aliphatic rings. The Morgan fingerprint density at radius 3 is 2.61 bits per heavy atom. The highest BCUT2D eigenvalue weighted by molar-refractivity contribution is 5.92. The molecule has 0 bridgehead atoms. The van der Waals surface area contributed by atoms with E-state index in [1.165, 1.54) is 36.6 Å². The summed E-state index contributed by atoms with van der Waals surface area (Å²) in [4.78, 5) is 38.5. The van der Waals surface area contributed by atoms with Gasteiger partial charge in [-0.25, -0.2) is 9.18 Å². The molecule has 3 amide bonds. The van der Waals surface area contributed by atoms with Crippen molar-refractivity contribution in [2.45, 2.75) is 6.54 Å². The van der Waals surface area contributed by atoms with Gasteiger partial charge in [-0.15, -0.1) is 0 Å². The number of halogens is 1. The van der Waals surface area contributed by atoms with Crippen molar-refractivity contribution >= 4 is 34.8 Å². The monoisotopic (exact) mass is 564 g/mol. The summed E-state index contributed by atoms with van der Waals surface area (Å²) in [6.07, 6.45) is 1.45. The number of anilines is 3. The van der Waals surface area contributed by atoms with E-state index in [2.05, 4.69) is 26.3 Å². The predicted molar refractivity (Wildman–Crippen MR) is 145 cm³/mol. The number of benzene rings is 2. The molecule has 5 rings (SSSR count). The van der Waals surface area contributed by atoms with E-state index >= 15 is 4.39 Å². The average molecular weight is 565 g/mol. The Labute approximate surface area is 232 Å². The van der Waals surface area contributed by atoms with Crippen LogP contribution < -0.4 is 20.9 Å². The topological polar surface area (TPSA) is 172 Å². The number of urea groups is 1. The molecule has 0 spiro atoms. The van der Waals surface area contributed by atoms with Crippen molar-refractivity contribution in [3.63, 3.8) is 0 Å². The summed E-state index contributed by atoms with van der Waals surface area (Å²) in [5.41, 5.74) is 1.53. The summed E-state index contributed by atoms with van der Waals surface area (Å²) in [6, 6.07) is 13.0. The zero-order valence-corrected chi connectivity index (χ0v) is 21.6. The molecule has 14 nitrogen and oxygen atoms in total. The maximum absolute atomic E-state index is 15.1. The number of nitro benzene ring substituents is 1. The number of nitrogens with zero attached hydrogens (tertiary/aromatic N) is 5. The number of nitro groups is 1. The van der Waals surface area contributed by atoms with Crippen LogP contribution in [-0.2, 0) is 11.3 Å². The first kappa shape index (κ1) is 27.1. The number of rotatable bonds is 9. The Bertz CT molecular complexity index is 1530. The van der Waals surface area contributed by atoms with Crippen LogP contribution in [0.15, 0.2) is 69.9 Å². The first-order valence-corrected chi connectivity index (χ1v) is 12.6. The first-order valence-electron chi connectivity index (χ1n) is 12.6. The molecule has 1 fully saturated rings. The Balaban J connectivity index is 1.09. The predicted octanol–water partition coefficient (Wildman–Crippen LogP) is 3.46. The molecule has 0 aliphatic carbocycles. The molecule has 15 heteroatoms. The highest BCUT2D eigenvalue weighted by atomic mass is 19.1. The third-order valence-corrected chi connectivity index (χ3v) is 6.37. The van der Waals surface area contributed by atoms with Crippen molar-refractivity contribution in [1.29, 1.82) is 0 Å². The molecule has 212 valence electrons. The molecular weight excluding hydrogens is 539 g/mol. The smallest absolute Gasteiger partial charge is 0.319 e. The lowest BCUT2D eigenvalue weighted by Gasteiger charge is -2.36. The van der Waals surface area contributed by atoms with E-state index in [9.17, 15) is 19.7 Å². The van der Waals surface area contributed by atoms with Crippen molar-refractivity contribution in [3.8, 4) is 11.3 Å². The average Bonchev–Trinajstić information content (AvgIpc) is 3.68. The van der Waals surface area contributed by atoms with Gasteiger partial charge < -0.3 is 34.8 Å². The number of hydrogen-bond donors (Lipinski definition) is 3. The van der Waals surface area contributed by atoms with Crippen LogP contribution in [0.2, 0.25) is 0 Å². The second-order valence-corrected chi connectivity index (χ2v) is 9.07. The summed E-state index contributed by atoms with van der Waals surface area (Å²) < 4.78 is 25.1. The van der Waals surface area contributed by atoms with Gasteiger partial charge in [-0.2, -0.15) is 0 Å². The molecule has 0 atom stereocenters. The number of amides is 3. The van der Waals surface area contributed by atoms with Crippen LogP contribution >= 0.6 is 0 Å². The molecule has 3 heterocycles. The molecule has 2 aromatic heterocycles. The molecule has 41 heavy (non-hydrogen) atoms. The van der Waals surface area contributed by atoms with E-state index in [0.29, 0.717) is 61.2 Å². The Morgan fingerprint density at radius 1 is 1.05 bits per heavy atom. The van der Waals surface area contributed by atoms with Gasteiger partial charge in [0.2, 0.25) is 5.91 Å². The standard InChI is InChI=1S/C26H25FN8O6/c27-21-12-17(22-14-20(41-31-22)15-28-24-6-11-40-32-24)4-5-23(21)33-7-9-34(10-8-33)25(36)16-29-26(37)30-18-2-1-3-19(13-18)35(38)39/h1-6,11-14H,7-10,15-16H2,(H,28,32)(H2,29,30,37). The molecule has 1 aliphatic heterocycles. The van der Waals surface area contributed by atoms with Crippen LogP contribution in [0.4, 0.5) is 32.1 Å². The summed E-state index contributed by atoms with van der Waals surface area (Å²) in [5.74, 6) is 0.380. The van der Waals surface area contributed by atoms with Crippen molar-refractivity contribution in [2.24, 2.45) is 0 Å². The molecule has 1 saturated heterocycles. The highest BCUT2D eigenvalue weighted by Crippen LogP contribution is 2.27. The fourth-order valence-corrected chi connectivity index (χ4v) is 4.27. The van der Waals surface area contributed by atoms with Gasteiger partial charge >= 0.3 is 6.03 Å². The van der Waals surface area contributed by atoms with Crippen molar-refractivity contribution in [1.82, 2.24) is 20.5 Å². The van der Waals surface area contributed by atoms with E-state index in [1.807, 2.05) is 4.90 Å². The van der Waals surface area contributed by atoms with Gasteiger partial charge in [-0.05, 0) is 18.2 Å². The van der Waals surface area contributed by atoms with Gasteiger partial charge in [-0.3, -0.25) is 14.9 Å². The minimum absolute atomic E-state index is 0.164. The lowest BCUT2D eigenvalue weighted by Crippen LogP contribution is -2.51. The van der Waals surface area contributed by atoms with Crippen molar-refractivity contribution in [3.05, 3.63) is 82.6 Å². The van der Waals surface area contributed by atoms with Gasteiger partial charge in [0.05, 0.1) is 23.7 Å². The number of hydrogen-bond acceptors (Lipinski definition) is 10. The minimum atomic E-state index is -0.662. The van der Waals surface area contributed by atoms with Crippen molar-refractivity contribution < 1.29 is 27.9 Å². The van der Waals surface area contributed by atoms with Crippen LogP contribution in [0.5, 0.6) is 0 Å². The molecule has 2 aromatic carbocycles. The third-order valence-electron chi connectivity index (χ3n) is 6.37. The second kappa shape index (κ2) is 12.1. The number of aromatic nitrogens is 2. The number of piperazine rings is 1. The Kier molecular flexibility index (Phi) is 8.03. The quantitative estimate of drug-likeness (QED) is 0.202. The normalized spacial score (nSPS) is 13.1. The molecule has 4 aromatic rings. The summed E-state index contributed by atoms with van der Waals surface area (Å²) >= 11 is 0. The van der Waals surface area contributed by atoms with E-state index in [-0.39, 0.29) is 23.8 Å². The molecule has 0 radical (unpaired) electrons. The number of nitrogens with one attached hydrogen (secondary N) is 3. The van der Waals surface area contributed by atoms with Crippen LogP contribution in [0.3, 0.4) is 0 Å². The van der Waals surface area contributed by atoms with Gasteiger partial charge in [0.15, 0.2) is 11.6 Å². The number of non-ortho nitro benzene ring substituents is 1. The third kappa shape index (κ3) is 6.76. The van der Waals surface area contributed by atoms with E-state index in [1.54, 1.807) is 29.2 Å². The molecule has 0 saturated carbocycles. The Morgan fingerprint density at radius 2 is 1.88 bits per heavy atom. The Hall–Kier alpha value is -5.47. The SMILES string of the molecule is O=C(NCC(=O)N1CCN(c2ccc(-c3cc(CNc4ccon4)on3)cc2F)CC1)Nc1cccc([N+](=O)[O-])c1. The largest absolute Gasteiger partial charge is 0.366 e. The maximum Gasteiger partial charge on any atom is 0.319 e. The minimum Gasteiger partial charge on any atom is -0.366 e. The second-order valence-electron chi connectivity index (χ2n) is 9.07. The van der Waals surface area contributed by atoms with Gasteiger partial charge in [0, 0.05) is 61.7 Å². The lowest BCUT2D eigenvalue weighted by atomic mass is 10.1. The fourth-order valence-electron chi connectivity index (χ4n) is 4.27. The zero-order chi connectivity index (χ0) is 28.8. The summed E-state index contributed by atoms with van der Waals surface area (Å²) in [5, 5.41) is 26.6. The van der Waals surface area contributed by atoms with Gasteiger partial charge in [0.1, 0.15) is 17.8 Å². The first-order chi connectivity index (χ1) is 19.9. The van der Waals surface area contributed by atoms with E-state index in [4.69, 9.17) is 9.05 Å². The van der Waals surface area contributed by atoms with Gasteiger partial charge in [-0.1, -0.05) is 22.4 Å². The van der Waals surface area contributed by atoms with Crippen LogP contribution in [0, 0.1) is 15.9 Å². The summed E-state index contributed by atoms with van der Waals surface area (Å²) in [7, 11) is 0. The highest BCUT2D eigenvalue weighted by Gasteiger charge is 2.23. The van der Waals surface area contributed by atoms with Crippen molar-refractivity contribution in [2.75, 3.05) is 48.3 Å².